The van der Waals surface area contributed by atoms with Crippen LogP contribution in [0.15, 0.2) is 36.4 Å². The molecule has 4 rings (SSSR count). The van der Waals surface area contributed by atoms with Gasteiger partial charge < -0.3 is 4.74 Å². The summed E-state index contributed by atoms with van der Waals surface area (Å²) in [7, 11) is 0. The van der Waals surface area contributed by atoms with Crippen molar-refractivity contribution in [3.05, 3.63) is 53.1 Å². The van der Waals surface area contributed by atoms with Crippen LogP contribution in [0.25, 0.3) is 11.1 Å². The highest BCUT2D eigenvalue weighted by Gasteiger charge is 2.20. The Balaban J connectivity index is 1.79. The fraction of sp³-hybridized carbons (Fsp3) is 0.235. The van der Waals surface area contributed by atoms with Gasteiger partial charge in [0.15, 0.2) is 5.78 Å². The molecule has 2 nitrogen and oxygen atoms in total. The minimum absolute atomic E-state index is 0.281. The second-order valence-electron chi connectivity index (χ2n) is 5.22. The summed E-state index contributed by atoms with van der Waals surface area (Å²) in [6.45, 7) is 0.789. The zero-order chi connectivity index (χ0) is 12.8. The maximum Gasteiger partial charge on any atom is 0.163 e. The third-order valence-electron chi connectivity index (χ3n) is 4.05. The molecule has 0 saturated heterocycles. The quantitative estimate of drug-likeness (QED) is 0.775. The number of Topliss-reactive ketones (excluding diaryl/α,β-unsaturated/α-hetero) is 1. The van der Waals surface area contributed by atoms with Gasteiger partial charge in [-0.05, 0) is 40.8 Å². The van der Waals surface area contributed by atoms with Gasteiger partial charge in [0, 0.05) is 18.4 Å². The van der Waals surface area contributed by atoms with E-state index in [2.05, 4.69) is 30.3 Å². The lowest BCUT2D eigenvalue weighted by Gasteiger charge is -2.06. The van der Waals surface area contributed by atoms with Gasteiger partial charge in [-0.1, -0.05) is 24.3 Å². The molecule has 0 aromatic heterocycles. The molecule has 0 fully saturated rings. The van der Waals surface area contributed by atoms with Crippen molar-refractivity contribution in [1.82, 2.24) is 0 Å². The number of hydrogen-bond acceptors (Lipinski definition) is 2. The van der Waals surface area contributed by atoms with E-state index < -0.39 is 0 Å². The van der Waals surface area contributed by atoms with Crippen LogP contribution in [0, 0.1) is 0 Å². The van der Waals surface area contributed by atoms with Crippen LogP contribution in [0.4, 0.5) is 0 Å². The van der Waals surface area contributed by atoms with Crippen molar-refractivity contribution in [2.45, 2.75) is 19.3 Å². The molecule has 0 amide bonds. The highest BCUT2D eigenvalue weighted by molar-refractivity contribution is 6.00. The van der Waals surface area contributed by atoms with Crippen LogP contribution in [0.2, 0.25) is 0 Å². The molecule has 2 heteroatoms. The molecule has 94 valence electrons. The highest BCUT2D eigenvalue weighted by atomic mass is 16.5. The maximum atomic E-state index is 11.7. The maximum absolute atomic E-state index is 11.7. The Kier molecular flexibility index (Phi) is 2.25. The summed E-state index contributed by atoms with van der Waals surface area (Å²) in [6.07, 6.45) is 2.54. The number of aryl methyl sites for hydroxylation is 1. The minimum Gasteiger partial charge on any atom is -0.493 e. The lowest BCUT2D eigenvalue weighted by atomic mass is 9.98. The molecular weight excluding hydrogens is 236 g/mol. The van der Waals surface area contributed by atoms with E-state index in [9.17, 15) is 4.79 Å². The predicted octanol–water partition coefficient (Wildman–Crippen LogP) is 3.42. The Hall–Kier alpha value is -2.09. The summed E-state index contributed by atoms with van der Waals surface area (Å²) >= 11 is 0. The molecule has 2 aromatic carbocycles. The fourth-order valence-electron chi connectivity index (χ4n) is 3.00. The van der Waals surface area contributed by atoms with Crippen LogP contribution in [0.5, 0.6) is 5.75 Å². The first kappa shape index (κ1) is 10.8. The number of carbonyl (C=O) groups is 1. The Bertz CT molecular complexity index is 686. The van der Waals surface area contributed by atoms with E-state index in [0.717, 1.165) is 30.8 Å². The summed E-state index contributed by atoms with van der Waals surface area (Å²) in [4.78, 5) is 11.7. The minimum atomic E-state index is 0.281. The molecule has 0 radical (unpaired) electrons. The average molecular weight is 250 g/mol. The fourth-order valence-corrected chi connectivity index (χ4v) is 3.00. The normalized spacial score (nSPS) is 16.1. The van der Waals surface area contributed by atoms with Gasteiger partial charge in [0.05, 0.1) is 6.61 Å². The molecule has 0 unspecified atom stereocenters. The number of hydrogen-bond donors (Lipinski definition) is 0. The molecule has 2 aromatic rings. The van der Waals surface area contributed by atoms with Crippen molar-refractivity contribution in [3.63, 3.8) is 0 Å². The van der Waals surface area contributed by atoms with Crippen molar-refractivity contribution >= 4 is 5.78 Å². The monoisotopic (exact) mass is 250 g/mol. The van der Waals surface area contributed by atoms with Gasteiger partial charge >= 0.3 is 0 Å². The first-order valence-corrected chi connectivity index (χ1v) is 6.73. The zero-order valence-electron chi connectivity index (χ0n) is 10.6. The zero-order valence-corrected chi connectivity index (χ0v) is 10.6. The Labute approximate surface area is 112 Å². The van der Waals surface area contributed by atoms with E-state index in [4.69, 9.17) is 4.74 Å². The summed E-state index contributed by atoms with van der Waals surface area (Å²) in [5, 5.41) is 0. The average Bonchev–Trinajstić information content (AvgIpc) is 3.04. The van der Waals surface area contributed by atoms with Crippen LogP contribution < -0.4 is 4.74 Å². The van der Waals surface area contributed by atoms with Crippen LogP contribution in [0.1, 0.15) is 27.9 Å². The second kappa shape index (κ2) is 3.95. The number of fused-ring (bicyclic) bond motifs is 2. The van der Waals surface area contributed by atoms with Crippen LogP contribution in [-0.2, 0) is 12.8 Å². The molecule has 0 bridgehead atoms. The largest absolute Gasteiger partial charge is 0.493 e. The van der Waals surface area contributed by atoms with Crippen molar-refractivity contribution in [2.75, 3.05) is 6.61 Å². The van der Waals surface area contributed by atoms with Crippen LogP contribution in [-0.4, -0.2) is 12.4 Å². The van der Waals surface area contributed by atoms with E-state index in [-0.39, 0.29) is 5.78 Å². The summed E-state index contributed by atoms with van der Waals surface area (Å²) in [6, 6.07) is 12.6. The van der Waals surface area contributed by atoms with Crippen LogP contribution in [0.3, 0.4) is 0 Å². The first-order valence-electron chi connectivity index (χ1n) is 6.73. The van der Waals surface area contributed by atoms with E-state index in [0.29, 0.717) is 6.42 Å². The standard InChI is InChI=1S/C17H14O2/c18-16-5-2-13-9-11(1-4-15(13)16)12-3-6-17-14(10-12)7-8-19-17/h1,3-4,6,9-10H,2,5,7-8H2. The van der Waals surface area contributed by atoms with Crippen molar-refractivity contribution in [2.24, 2.45) is 0 Å². The number of ketones is 1. The smallest absolute Gasteiger partial charge is 0.163 e. The molecule has 0 N–H and O–H groups in total. The van der Waals surface area contributed by atoms with E-state index in [1.54, 1.807) is 0 Å². The SMILES string of the molecule is O=C1CCc2cc(-c3ccc4c(c3)CCO4)ccc21. The van der Waals surface area contributed by atoms with Gasteiger partial charge in [-0.3, -0.25) is 4.79 Å². The van der Waals surface area contributed by atoms with Crippen molar-refractivity contribution in [3.8, 4) is 16.9 Å². The van der Waals surface area contributed by atoms with Crippen LogP contribution >= 0.6 is 0 Å². The van der Waals surface area contributed by atoms with Gasteiger partial charge in [0.2, 0.25) is 0 Å². The molecule has 1 heterocycles. The van der Waals surface area contributed by atoms with E-state index in [1.165, 1.54) is 22.3 Å². The summed E-state index contributed by atoms with van der Waals surface area (Å²) in [5.74, 6) is 1.30. The Morgan fingerprint density at radius 3 is 2.53 bits per heavy atom. The summed E-state index contributed by atoms with van der Waals surface area (Å²) in [5.41, 5.74) is 5.80. The lowest BCUT2D eigenvalue weighted by Crippen LogP contribution is -1.91. The third-order valence-corrected chi connectivity index (χ3v) is 4.05. The molecule has 1 aliphatic heterocycles. The summed E-state index contributed by atoms with van der Waals surface area (Å²) < 4.78 is 5.53. The molecule has 19 heavy (non-hydrogen) atoms. The van der Waals surface area contributed by atoms with Gasteiger partial charge in [-0.25, -0.2) is 0 Å². The molecule has 0 saturated carbocycles. The number of rotatable bonds is 1. The van der Waals surface area contributed by atoms with Gasteiger partial charge in [-0.15, -0.1) is 0 Å². The highest BCUT2D eigenvalue weighted by Crippen LogP contribution is 2.32. The lowest BCUT2D eigenvalue weighted by molar-refractivity contribution is 0.0994. The van der Waals surface area contributed by atoms with Gasteiger partial charge in [0.25, 0.3) is 0 Å². The van der Waals surface area contributed by atoms with Gasteiger partial charge in [-0.2, -0.15) is 0 Å². The number of ether oxygens (including phenoxy) is 1. The molecule has 0 atom stereocenters. The number of benzene rings is 2. The third kappa shape index (κ3) is 1.67. The second-order valence-corrected chi connectivity index (χ2v) is 5.22. The van der Waals surface area contributed by atoms with E-state index in [1.807, 2.05) is 6.07 Å². The number of carbonyl (C=O) groups excluding carboxylic acids is 1. The molecular formula is C17H14O2. The Morgan fingerprint density at radius 1 is 0.842 bits per heavy atom. The topological polar surface area (TPSA) is 26.3 Å². The van der Waals surface area contributed by atoms with Crippen molar-refractivity contribution in [1.29, 1.82) is 0 Å². The van der Waals surface area contributed by atoms with Gasteiger partial charge in [0.1, 0.15) is 5.75 Å². The molecule has 0 spiro atoms. The van der Waals surface area contributed by atoms with E-state index >= 15 is 0 Å². The first-order chi connectivity index (χ1) is 9.31. The molecule has 2 aliphatic rings. The van der Waals surface area contributed by atoms with Crippen molar-refractivity contribution < 1.29 is 9.53 Å². The predicted molar refractivity (Wildman–Crippen MR) is 73.7 cm³/mol. The molecule has 1 aliphatic carbocycles. The Morgan fingerprint density at radius 2 is 1.63 bits per heavy atom.